The highest BCUT2D eigenvalue weighted by molar-refractivity contribution is 5.85. The number of oxime groups is 1. The number of aliphatic hydroxyl groups excluding tert-OH is 1. The van der Waals surface area contributed by atoms with Gasteiger partial charge in [-0.2, -0.15) is 0 Å². The molecule has 5 heteroatoms. The van der Waals surface area contributed by atoms with E-state index in [-0.39, 0.29) is 24.5 Å². The normalized spacial score (nSPS) is 15.1. The average Bonchev–Trinajstić information content (AvgIpc) is 2.16. The van der Waals surface area contributed by atoms with E-state index in [2.05, 4.69) is 5.16 Å². The first-order valence-corrected chi connectivity index (χ1v) is 4.92. The zero-order valence-electron chi connectivity index (χ0n) is 9.14. The summed E-state index contributed by atoms with van der Waals surface area (Å²) < 4.78 is 0. The minimum absolute atomic E-state index is 0.0768. The summed E-state index contributed by atoms with van der Waals surface area (Å²) in [5.74, 6) is 0.203. The van der Waals surface area contributed by atoms with Gasteiger partial charge in [-0.15, -0.1) is 0 Å². The van der Waals surface area contributed by atoms with E-state index in [0.29, 0.717) is 6.54 Å². The second-order valence-corrected chi connectivity index (χ2v) is 3.50. The van der Waals surface area contributed by atoms with E-state index in [9.17, 15) is 0 Å². The van der Waals surface area contributed by atoms with Crippen molar-refractivity contribution in [3.05, 3.63) is 0 Å². The Hall–Kier alpha value is -0.810. The third-order valence-corrected chi connectivity index (χ3v) is 2.27. The van der Waals surface area contributed by atoms with Crippen molar-refractivity contribution in [3.63, 3.8) is 0 Å². The van der Waals surface area contributed by atoms with Gasteiger partial charge in [0.15, 0.2) is 5.84 Å². The van der Waals surface area contributed by atoms with Crippen LogP contribution in [0.15, 0.2) is 5.16 Å². The van der Waals surface area contributed by atoms with Crippen molar-refractivity contribution < 1.29 is 10.3 Å². The van der Waals surface area contributed by atoms with Crippen LogP contribution >= 0.6 is 0 Å². The summed E-state index contributed by atoms with van der Waals surface area (Å²) in [5, 5.41) is 20.5. The van der Waals surface area contributed by atoms with Crippen molar-refractivity contribution >= 4 is 5.84 Å². The van der Waals surface area contributed by atoms with Gasteiger partial charge in [-0.25, -0.2) is 0 Å². The first-order valence-electron chi connectivity index (χ1n) is 4.92. The van der Waals surface area contributed by atoms with Gasteiger partial charge >= 0.3 is 0 Å². The van der Waals surface area contributed by atoms with Gasteiger partial charge in [0, 0.05) is 12.6 Å². The van der Waals surface area contributed by atoms with Crippen LogP contribution in [0.3, 0.4) is 0 Å². The molecule has 1 atom stereocenters. The van der Waals surface area contributed by atoms with Crippen LogP contribution in [-0.4, -0.2) is 46.3 Å². The molecule has 0 aliphatic heterocycles. The molecular formula is C9H21N3O2. The van der Waals surface area contributed by atoms with Crippen LogP contribution in [0.2, 0.25) is 0 Å². The fraction of sp³-hybridized carbons (Fsp3) is 0.889. The van der Waals surface area contributed by atoms with Crippen molar-refractivity contribution in [2.45, 2.75) is 39.3 Å². The number of hydrogen-bond donors (Lipinski definition) is 3. The smallest absolute Gasteiger partial charge is 0.156 e. The van der Waals surface area contributed by atoms with Gasteiger partial charge in [0.25, 0.3) is 0 Å². The summed E-state index contributed by atoms with van der Waals surface area (Å²) in [7, 11) is 0. The van der Waals surface area contributed by atoms with Crippen LogP contribution in [0.1, 0.15) is 27.2 Å². The van der Waals surface area contributed by atoms with Crippen LogP contribution in [0.25, 0.3) is 0 Å². The van der Waals surface area contributed by atoms with E-state index >= 15 is 0 Å². The average molecular weight is 203 g/mol. The van der Waals surface area contributed by atoms with Crippen LogP contribution < -0.4 is 5.73 Å². The molecular weight excluding hydrogens is 182 g/mol. The van der Waals surface area contributed by atoms with E-state index in [1.807, 2.05) is 25.7 Å². The van der Waals surface area contributed by atoms with Gasteiger partial charge in [-0.1, -0.05) is 12.1 Å². The molecule has 1 unspecified atom stereocenters. The molecule has 0 saturated carbocycles. The maximum absolute atomic E-state index is 8.90. The first kappa shape index (κ1) is 13.2. The quantitative estimate of drug-likeness (QED) is 0.249. The minimum Gasteiger partial charge on any atom is -0.409 e. The lowest BCUT2D eigenvalue weighted by atomic mass is 10.1. The van der Waals surface area contributed by atoms with Gasteiger partial charge < -0.3 is 16.0 Å². The lowest BCUT2D eigenvalue weighted by Crippen LogP contribution is -2.49. The fourth-order valence-corrected chi connectivity index (χ4v) is 1.57. The predicted molar refractivity (Wildman–Crippen MR) is 56.4 cm³/mol. The van der Waals surface area contributed by atoms with Gasteiger partial charge in [0.2, 0.25) is 0 Å². The Morgan fingerprint density at radius 1 is 1.50 bits per heavy atom. The fourth-order valence-electron chi connectivity index (χ4n) is 1.57. The van der Waals surface area contributed by atoms with Gasteiger partial charge in [0.1, 0.15) is 0 Å². The lowest BCUT2D eigenvalue weighted by Gasteiger charge is -2.32. The first-order chi connectivity index (χ1) is 6.58. The Morgan fingerprint density at radius 2 is 2.07 bits per heavy atom. The molecule has 4 N–H and O–H groups in total. The molecule has 14 heavy (non-hydrogen) atoms. The lowest BCUT2D eigenvalue weighted by molar-refractivity contribution is 0.141. The number of amidine groups is 1. The SMILES string of the molecule is CCC(C(N)=NO)N(CCO)C(C)C. The van der Waals surface area contributed by atoms with Crippen LogP contribution in [-0.2, 0) is 0 Å². The van der Waals surface area contributed by atoms with Crippen molar-refractivity contribution in [2.24, 2.45) is 10.9 Å². The molecule has 0 heterocycles. The van der Waals surface area contributed by atoms with E-state index < -0.39 is 0 Å². The van der Waals surface area contributed by atoms with Crippen molar-refractivity contribution in [2.75, 3.05) is 13.2 Å². The Kier molecular flexibility index (Phi) is 6.23. The Labute approximate surface area is 85.2 Å². The van der Waals surface area contributed by atoms with Crippen molar-refractivity contribution in [1.29, 1.82) is 0 Å². The number of hydrogen-bond acceptors (Lipinski definition) is 4. The molecule has 0 rings (SSSR count). The molecule has 0 aliphatic carbocycles. The molecule has 0 aromatic heterocycles. The highest BCUT2D eigenvalue weighted by Crippen LogP contribution is 2.08. The molecule has 84 valence electrons. The number of nitrogens with two attached hydrogens (primary N) is 1. The summed E-state index contributed by atoms with van der Waals surface area (Å²) in [6.45, 7) is 6.61. The number of rotatable bonds is 6. The standard InChI is InChI=1S/C9H21N3O2/c1-4-8(9(10)11-14)12(5-6-13)7(2)3/h7-8,13-14H,4-6H2,1-3H3,(H2,10,11). The topological polar surface area (TPSA) is 82.1 Å². The van der Waals surface area contributed by atoms with E-state index in [1.165, 1.54) is 0 Å². The zero-order chi connectivity index (χ0) is 11.1. The molecule has 0 aromatic rings. The molecule has 0 saturated heterocycles. The summed E-state index contributed by atoms with van der Waals surface area (Å²) in [4.78, 5) is 2.01. The molecule has 0 amide bonds. The summed E-state index contributed by atoms with van der Waals surface area (Å²) in [6.07, 6.45) is 0.758. The summed E-state index contributed by atoms with van der Waals surface area (Å²) in [5.41, 5.74) is 5.57. The zero-order valence-corrected chi connectivity index (χ0v) is 9.14. The van der Waals surface area contributed by atoms with Crippen molar-refractivity contribution in [1.82, 2.24) is 4.90 Å². The van der Waals surface area contributed by atoms with Crippen LogP contribution in [0.5, 0.6) is 0 Å². The second kappa shape index (κ2) is 6.62. The van der Waals surface area contributed by atoms with Gasteiger partial charge in [-0.3, -0.25) is 4.90 Å². The third-order valence-electron chi connectivity index (χ3n) is 2.27. The Balaban J connectivity index is 4.58. The highest BCUT2D eigenvalue weighted by Gasteiger charge is 2.22. The van der Waals surface area contributed by atoms with Gasteiger partial charge in [0.05, 0.1) is 12.6 Å². The maximum Gasteiger partial charge on any atom is 0.156 e. The molecule has 0 aromatic carbocycles. The van der Waals surface area contributed by atoms with Gasteiger partial charge in [-0.05, 0) is 20.3 Å². The Bertz CT molecular complexity index is 183. The largest absolute Gasteiger partial charge is 0.409 e. The predicted octanol–water partition coefficient (Wildman–Crippen LogP) is 0.214. The molecule has 0 aliphatic rings. The summed E-state index contributed by atoms with van der Waals surface area (Å²) in [6, 6.07) is 0.152. The van der Waals surface area contributed by atoms with E-state index in [1.54, 1.807) is 0 Å². The van der Waals surface area contributed by atoms with Crippen molar-refractivity contribution in [3.8, 4) is 0 Å². The number of nitrogens with zero attached hydrogens (tertiary/aromatic N) is 2. The van der Waals surface area contributed by atoms with E-state index in [4.69, 9.17) is 16.0 Å². The Morgan fingerprint density at radius 3 is 2.36 bits per heavy atom. The maximum atomic E-state index is 8.90. The number of aliphatic hydroxyl groups is 1. The van der Waals surface area contributed by atoms with E-state index in [0.717, 1.165) is 6.42 Å². The molecule has 5 nitrogen and oxygen atoms in total. The van der Waals surface area contributed by atoms with Crippen LogP contribution in [0.4, 0.5) is 0 Å². The highest BCUT2D eigenvalue weighted by atomic mass is 16.4. The molecule has 0 fully saturated rings. The summed E-state index contributed by atoms with van der Waals surface area (Å²) >= 11 is 0. The third kappa shape index (κ3) is 3.51. The molecule has 0 spiro atoms. The molecule has 0 radical (unpaired) electrons. The molecule has 0 bridgehead atoms. The second-order valence-electron chi connectivity index (χ2n) is 3.50. The monoisotopic (exact) mass is 203 g/mol. The van der Waals surface area contributed by atoms with Crippen LogP contribution in [0, 0.1) is 0 Å². The minimum atomic E-state index is -0.104.